The van der Waals surface area contributed by atoms with Crippen molar-refractivity contribution in [1.82, 2.24) is 9.97 Å². The lowest BCUT2D eigenvalue weighted by atomic mass is 9.84. The van der Waals surface area contributed by atoms with E-state index in [0.29, 0.717) is 17.1 Å². The Morgan fingerprint density at radius 3 is 2.33 bits per heavy atom. The van der Waals surface area contributed by atoms with Gasteiger partial charge in [0.15, 0.2) is 0 Å². The molecule has 0 amide bonds. The topological polar surface area (TPSA) is 29.0 Å². The van der Waals surface area contributed by atoms with Crippen LogP contribution in [0.5, 0.6) is 0 Å². The fourth-order valence-corrected chi connectivity index (χ4v) is 3.65. The van der Waals surface area contributed by atoms with Crippen molar-refractivity contribution in [3.05, 3.63) is 16.5 Å². The number of anilines is 1. The third kappa shape index (κ3) is 3.18. The highest BCUT2D eigenvalue weighted by atomic mass is 35.5. The minimum atomic E-state index is 0.547. The third-order valence-corrected chi connectivity index (χ3v) is 5.66. The number of rotatable bonds is 4. The first-order valence-electron chi connectivity index (χ1n) is 8.37. The first-order valence-corrected chi connectivity index (χ1v) is 8.74. The lowest BCUT2D eigenvalue weighted by molar-refractivity contribution is 0.312. The maximum atomic E-state index is 6.34. The molecule has 0 N–H and O–H groups in total. The summed E-state index contributed by atoms with van der Waals surface area (Å²) in [4.78, 5) is 11.7. The summed E-state index contributed by atoms with van der Waals surface area (Å²) in [6, 6.07) is 0.601. The van der Waals surface area contributed by atoms with Crippen LogP contribution in [0.2, 0.25) is 5.15 Å². The van der Waals surface area contributed by atoms with Gasteiger partial charge >= 0.3 is 0 Å². The van der Waals surface area contributed by atoms with E-state index in [0.717, 1.165) is 23.1 Å². The predicted molar refractivity (Wildman–Crippen MR) is 88.2 cm³/mol. The fourth-order valence-electron chi connectivity index (χ4n) is 3.47. The van der Waals surface area contributed by atoms with E-state index in [-0.39, 0.29) is 0 Å². The number of aromatic nitrogens is 2. The van der Waals surface area contributed by atoms with E-state index in [4.69, 9.17) is 16.6 Å². The number of halogens is 1. The summed E-state index contributed by atoms with van der Waals surface area (Å²) in [5.74, 6) is 3.48. The molecule has 3 rings (SSSR count). The minimum Gasteiger partial charge on any atom is -0.356 e. The van der Waals surface area contributed by atoms with Gasteiger partial charge in [-0.25, -0.2) is 9.97 Å². The van der Waals surface area contributed by atoms with Gasteiger partial charge in [-0.2, -0.15) is 0 Å². The van der Waals surface area contributed by atoms with E-state index in [1.54, 1.807) is 0 Å². The van der Waals surface area contributed by atoms with Crippen molar-refractivity contribution in [1.29, 1.82) is 0 Å². The number of nitrogens with zero attached hydrogens (tertiary/aromatic N) is 3. The van der Waals surface area contributed by atoms with Gasteiger partial charge < -0.3 is 4.90 Å². The van der Waals surface area contributed by atoms with E-state index in [1.165, 1.54) is 44.9 Å². The Kier molecular flexibility index (Phi) is 4.39. The fraction of sp³-hybridized carbons (Fsp3) is 0.765. The normalized spacial score (nSPS) is 25.9. The first-order chi connectivity index (χ1) is 10.1. The van der Waals surface area contributed by atoms with Crippen molar-refractivity contribution in [2.24, 2.45) is 5.92 Å². The predicted octanol–water partition coefficient (Wildman–Crippen LogP) is 4.72. The van der Waals surface area contributed by atoms with Crippen molar-refractivity contribution in [2.45, 2.75) is 70.8 Å². The molecule has 2 saturated carbocycles. The standard InChI is InChI=1S/C17H26ClN3/c1-4-12-5-9-14(10-6-12)21(3)17-11(2)15(18)19-16(20-17)13-7-8-13/h12-14H,4-10H2,1-3H3. The Hall–Kier alpha value is -0.830. The van der Waals surface area contributed by atoms with Crippen molar-refractivity contribution in [2.75, 3.05) is 11.9 Å². The summed E-state index contributed by atoms with van der Waals surface area (Å²) in [6.07, 6.45) is 8.98. The van der Waals surface area contributed by atoms with Gasteiger partial charge in [-0.1, -0.05) is 24.9 Å². The van der Waals surface area contributed by atoms with Crippen LogP contribution in [0.3, 0.4) is 0 Å². The van der Waals surface area contributed by atoms with Gasteiger partial charge in [0.05, 0.1) is 0 Å². The molecule has 1 heterocycles. The van der Waals surface area contributed by atoms with Crippen molar-refractivity contribution in [3.63, 3.8) is 0 Å². The lowest BCUT2D eigenvalue weighted by Gasteiger charge is -2.36. The molecule has 4 heteroatoms. The maximum absolute atomic E-state index is 6.34. The van der Waals surface area contributed by atoms with E-state index in [2.05, 4.69) is 23.9 Å². The smallest absolute Gasteiger partial charge is 0.137 e. The molecule has 0 atom stereocenters. The van der Waals surface area contributed by atoms with Crippen molar-refractivity contribution in [3.8, 4) is 0 Å². The molecule has 0 aromatic carbocycles. The molecule has 0 unspecified atom stereocenters. The molecule has 0 saturated heterocycles. The van der Waals surface area contributed by atoms with E-state index in [9.17, 15) is 0 Å². The maximum Gasteiger partial charge on any atom is 0.137 e. The summed E-state index contributed by atoms with van der Waals surface area (Å²) in [7, 11) is 2.18. The molecule has 0 radical (unpaired) electrons. The molecule has 1 aromatic heterocycles. The molecule has 116 valence electrons. The highest BCUT2D eigenvalue weighted by Gasteiger charge is 2.30. The minimum absolute atomic E-state index is 0.547. The van der Waals surface area contributed by atoms with Crippen LogP contribution in [0.25, 0.3) is 0 Å². The molecule has 3 nitrogen and oxygen atoms in total. The second-order valence-electron chi connectivity index (χ2n) is 6.79. The monoisotopic (exact) mass is 307 g/mol. The Morgan fingerprint density at radius 2 is 1.76 bits per heavy atom. The van der Waals surface area contributed by atoms with E-state index in [1.807, 2.05) is 6.92 Å². The first kappa shape index (κ1) is 15.1. The summed E-state index contributed by atoms with van der Waals surface area (Å²) < 4.78 is 0. The van der Waals surface area contributed by atoms with Gasteiger partial charge in [0, 0.05) is 24.6 Å². The van der Waals surface area contributed by atoms with Crippen LogP contribution in [0.1, 0.15) is 69.2 Å². The third-order valence-electron chi connectivity index (χ3n) is 5.30. The summed E-state index contributed by atoms with van der Waals surface area (Å²) in [5, 5.41) is 0.635. The molecular weight excluding hydrogens is 282 g/mol. The summed E-state index contributed by atoms with van der Waals surface area (Å²) in [5.41, 5.74) is 1.03. The summed E-state index contributed by atoms with van der Waals surface area (Å²) in [6.45, 7) is 4.35. The van der Waals surface area contributed by atoms with E-state index >= 15 is 0 Å². The van der Waals surface area contributed by atoms with Gasteiger partial charge in [0.1, 0.15) is 16.8 Å². The van der Waals surface area contributed by atoms with Gasteiger partial charge in [-0.05, 0) is 51.4 Å². The van der Waals surface area contributed by atoms with Gasteiger partial charge in [-0.15, -0.1) is 0 Å². The second-order valence-corrected chi connectivity index (χ2v) is 7.15. The molecular formula is C17H26ClN3. The zero-order valence-electron chi connectivity index (χ0n) is 13.4. The molecule has 0 bridgehead atoms. The molecule has 21 heavy (non-hydrogen) atoms. The molecule has 0 aliphatic heterocycles. The molecule has 2 aliphatic rings. The summed E-state index contributed by atoms with van der Waals surface area (Å²) >= 11 is 6.34. The molecule has 2 fully saturated rings. The van der Waals surface area contributed by atoms with E-state index < -0.39 is 0 Å². The lowest BCUT2D eigenvalue weighted by Crippen LogP contribution is -2.36. The average Bonchev–Trinajstić information content (AvgIpc) is 3.34. The largest absolute Gasteiger partial charge is 0.356 e. The Morgan fingerprint density at radius 1 is 1.10 bits per heavy atom. The SMILES string of the molecule is CCC1CCC(N(C)c2nc(C3CC3)nc(Cl)c2C)CC1. The average molecular weight is 308 g/mol. The molecule has 1 aromatic rings. The number of hydrogen-bond acceptors (Lipinski definition) is 3. The van der Waals surface area contributed by atoms with Crippen molar-refractivity contribution >= 4 is 17.4 Å². The van der Waals surface area contributed by atoms with Crippen LogP contribution in [-0.4, -0.2) is 23.1 Å². The van der Waals surface area contributed by atoms with Gasteiger partial charge in [0.2, 0.25) is 0 Å². The van der Waals surface area contributed by atoms with Crippen LogP contribution in [0, 0.1) is 12.8 Å². The van der Waals surface area contributed by atoms with Crippen LogP contribution < -0.4 is 4.90 Å². The number of hydrogen-bond donors (Lipinski definition) is 0. The molecule has 2 aliphatic carbocycles. The van der Waals surface area contributed by atoms with Crippen LogP contribution >= 0.6 is 11.6 Å². The Balaban J connectivity index is 1.79. The zero-order valence-corrected chi connectivity index (χ0v) is 14.2. The van der Waals surface area contributed by atoms with Crippen LogP contribution in [0.15, 0.2) is 0 Å². The van der Waals surface area contributed by atoms with Crippen LogP contribution in [0.4, 0.5) is 5.82 Å². The Labute approximate surface area is 133 Å². The highest BCUT2D eigenvalue weighted by molar-refractivity contribution is 6.30. The van der Waals surface area contributed by atoms with Crippen molar-refractivity contribution < 1.29 is 0 Å². The van der Waals surface area contributed by atoms with Gasteiger partial charge in [0.25, 0.3) is 0 Å². The quantitative estimate of drug-likeness (QED) is 0.754. The second kappa shape index (κ2) is 6.12. The zero-order chi connectivity index (χ0) is 15.0. The molecule has 0 spiro atoms. The highest BCUT2D eigenvalue weighted by Crippen LogP contribution is 2.40. The van der Waals surface area contributed by atoms with Crippen LogP contribution in [-0.2, 0) is 0 Å². The Bertz CT molecular complexity index is 505. The van der Waals surface area contributed by atoms with Gasteiger partial charge in [-0.3, -0.25) is 0 Å².